The number of nitrogens with zero attached hydrogens (tertiary/aromatic N) is 3. The van der Waals surface area contributed by atoms with Crippen molar-refractivity contribution in [2.24, 2.45) is 4.99 Å². The Balaban J connectivity index is 1.86. The van der Waals surface area contributed by atoms with Gasteiger partial charge in [0.2, 0.25) is 0 Å². The van der Waals surface area contributed by atoms with Gasteiger partial charge in [0.15, 0.2) is 4.80 Å². The zero-order valence-electron chi connectivity index (χ0n) is 22.7. The van der Waals surface area contributed by atoms with Crippen molar-refractivity contribution in [3.63, 3.8) is 0 Å². The van der Waals surface area contributed by atoms with E-state index in [0.717, 1.165) is 21.9 Å². The number of hydrogen-bond donors (Lipinski definition) is 0. The Kier molecular flexibility index (Phi) is 7.39. The molecule has 200 valence electrons. The number of fused-ring (bicyclic) bond motifs is 2. The fourth-order valence-electron chi connectivity index (χ4n) is 5.21. The number of thiazole rings is 1. The number of rotatable bonds is 7. The molecular weight excluding hydrogens is 510 g/mol. The molecule has 0 fully saturated rings. The van der Waals surface area contributed by atoms with Crippen LogP contribution in [0.2, 0.25) is 0 Å². The van der Waals surface area contributed by atoms with E-state index in [0.29, 0.717) is 45.2 Å². The van der Waals surface area contributed by atoms with E-state index in [1.54, 1.807) is 23.7 Å². The molecule has 0 saturated heterocycles. The molecule has 1 amide bonds. The zero-order chi connectivity index (χ0) is 27.7. The summed E-state index contributed by atoms with van der Waals surface area (Å²) in [6, 6.07) is 18.7. The van der Waals surface area contributed by atoms with Gasteiger partial charge in [-0.25, -0.2) is 4.99 Å². The molecule has 39 heavy (non-hydrogen) atoms. The van der Waals surface area contributed by atoms with Crippen molar-refractivity contribution in [2.75, 3.05) is 27.3 Å². The Labute approximate surface area is 230 Å². The number of likely N-dealkylation sites (N-methyl/N-ethyl adjacent to an activating group) is 1. The normalized spacial score (nSPS) is 15.2. The van der Waals surface area contributed by atoms with Gasteiger partial charge in [-0.15, -0.1) is 0 Å². The predicted octanol–water partition coefficient (Wildman–Crippen LogP) is 4.27. The minimum Gasteiger partial charge on any atom is -0.496 e. The molecule has 1 aromatic heterocycles. The van der Waals surface area contributed by atoms with Gasteiger partial charge in [-0.1, -0.05) is 59.9 Å². The van der Waals surface area contributed by atoms with E-state index in [2.05, 4.69) is 0 Å². The van der Waals surface area contributed by atoms with E-state index < -0.39 is 6.04 Å². The third-order valence-corrected chi connectivity index (χ3v) is 8.14. The van der Waals surface area contributed by atoms with E-state index in [9.17, 15) is 9.59 Å². The maximum absolute atomic E-state index is 14.2. The van der Waals surface area contributed by atoms with Crippen LogP contribution in [0.3, 0.4) is 0 Å². The van der Waals surface area contributed by atoms with E-state index in [-0.39, 0.29) is 11.5 Å². The number of aromatic nitrogens is 1. The van der Waals surface area contributed by atoms with Crippen LogP contribution >= 0.6 is 11.3 Å². The minimum absolute atomic E-state index is 0.139. The lowest BCUT2D eigenvalue weighted by Crippen LogP contribution is -2.43. The van der Waals surface area contributed by atoms with Crippen LogP contribution in [0.4, 0.5) is 0 Å². The molecule has 0 saturated carbocycles. The number of para-hydroxylation sites is 1. The third kappa shape index (κ3) is 4.55. The Hall–Kier alpha value is -4.17. The highest BCUT2D eigenvalue weighted by Gasteiger charge is 2.36. The van der Waals surface area contributed by atoms with Crippen LogP contribution in [0.5, 0.6) is 11.5 Å². The molecule has 0 aliphatic carbocycles. The molecule has 1 aliphatic rings. The average molecular weight is 542 g/mol. The monoisotopic (exact) mass is 541 g/mol. The lowest BCUT2D eigenvalue weighted by molar-refractivity contribution is -0.127. The van der Waals surface area contributed by atoms with E-state index in [4.69, 9.17) is 14.5 Å². The van der Waals surface area contributed by atoms with Gasteiger partial charge in [0.25, 0.3) is 11.5 Å². The second-order valence-corrected chi connectivity index (χ2v) is 10.2. The Morgan fingerprint density at radius 1 is 1.00 bits per heavy atom. The van der Waals surface area contributed by atoms with Crippen LogP contribution in [0.15, 0.2) is 81.7 Å². The number of allylic oxidation sites excluding steroid dienone is 1. The molecule has 5 rings (SSSR count). The average Bonchev–Trinajstić information content (AvgIpc) is 3.26. The second-order valence-electron chi connectivity index (χ2n) is 9.20. The summed E-state index contributed by atoms with van der Waals surface area (Å²) in [5.74, 6) is 1.14. The van der Waals surface area contributed by atoms with Crippen LogP contribution in [0.25, 0.3) is 16.8 Å². The molecular formula is C31H31N3O4S. The Morgan fingerprint density at radius 2 is 1.69 bits per heavy atom. The molecule has 7 nitrogen and oxygen atoms in total. The molecule has 3 aromatic carbocycles. The van der Waals surface area contributed by atoms with E-state index in [1.807, 2.05) is 87.5 Å². The van der Waals surface area contributed by atoms with Gasteiger partial charge in [-0.3, -0.25) is 14.2 Å². The second kappa shape index (κ2) is 10.9. The highest BCUT2D eigenvalue weighted by Crippen LogP contribution is 2.40. The first kappa shape index (κ1) is 26.4. The quantitative estimate of drug-likeness (QED) is 0.350. The molecule has 8 heteroatoms. The van der Waals surface area contributed by atoms with E-state index >= 15 is 0 Å². The highest BCUT2D eigenvalue weighted by molar-refractivity contribution is 7.07. The van der Waals surface area contributed by atoms with Crippen LogP contribution in [-0.2, 0) is 4.79 Å². The Bertz CT molecular complexity index is 1780. The summed E-state index contributed by atoms with van der Waals surface area (Å²) in [5, 5.41) is 1.91. The molecule has 2 heterocycles. The van der Waals surface area contributed by atoms with Gasteiger partial charge in [0.05, 0.1) is 30.0 Å². The van der Waals surface area contributed by atoms with Crippen molar-refractivity contribution in [3.05, 3.63) is 103 Å². The molecule has 1 aliphatic heterocycles. The first-order chi connectivity index (χ1) is 18.9. The summed E-state index contributed by atoms with van der Waals surface area (Å²) < 4.78 is 13.5. The third-order valence-electron chi connectivity index (χ3n) is 7.15. The summed E-state index contributed by atoms with van der Waals surface area (Å²) in [4.78, 5) is 35.3. The molecule has 0 unspecified atom stereocenters. The summed E-state index contributed by atoms with van der Waals surface area (Å²) in [6.45, 7) is 6.84. The summed E-state index contributed by atoms with van der Waals surface area (Å²) in [7, 11) is 3.22. The fraction of sp³-hybridized carbons (Fsp3) is 0.258. The Morgan fingerprint density at radius 3 is 2.41 bits per heavy atom. The smallest absolute Gasteiger partial charge is 0.271 e. The summed E-state index contributed by atoms with van der Waals surface area (Å²) in [6.07, 6.45) is 1.82. The van der Waals surface area contributed by atoms with Crippen LogP contribution in [-0.4, -0.2) is 42.7 Å². The first-order valence-electron chi connectivity index (χ1n) is 12.9. The molecule has 0 bridgehead atoms. The molecule has 0 N–H and O–H groups in total. The van der Waals surface area contributed by atoms with Crippen LogP contribution < -0.4 is 24.4 Å². The summed E-state index contributed by atoms with van der Waals surface area (Å²) >= 11 is 1.30. The van der Waals surface area contributed by atoms with Crippen LogP contribution in [0.1, 0.15) is 37.9 Å². The number of methoxy groups -OCH3 is 2. The molecule has 1 atom stereocenters. The van der Waals surface area contributed by atoms with Gasteiger partial charge in [-0.2, -0.15) is 0 Å². The van der Waals surface area contributed by atoms with Crippen molar-refractivity contribution >= 4 is 34.1 Å². The van der Waals surface area contributed by atoms with Crippen molar-refractivity contribution in [3.8, 4) is 11.5 Å². The lowest BCUT2D eigenvalue weighted by Gasteiger charge is -2.30. The maximum Gasteiger partial charge on any atom is 0.271 e. The number of carbonyl (C=O) groups excluding carboxylic acids is 1. The number of hydrogen-bond acceptors (Lipinski definition) is 6. The van der Waals surface area contributed by atoms with Crippen molar-refractivity contribution in [2.45, 2.75) is 26.8 Å². The standard InChI is InChI=1S/C31H31N3O4S/c1-6-33(7-2)30(36)26-19(3)32-31-34(29(35)25(39-31)18-21-13-9-11-15-23(21)37-4)28(26)27-22-14-10-8-12-20(22)16-17-24(27)38-5/h8-18,28H,6-7H2,1-5H3/b25-18+/t28-/m1/s1. The van der Waals surface area contributed by atoms with Crippen molar-refractivity contribution in [1.29, 1.82) is 0 Å². The number of benzene rings is 3. The van der Waals surface area contributed by atoms with Crippen molar-refractivity contribution in [1.82, 2.24) is 9.47 Å². The SMILES string of the molecule is CCN(CC)C(=O)C1=C(C)N=c2s/c(=C/c3ccccc3OC)c(=O)n2[C@H]1c1c(OC)ccc2ccccc12. The molecule has 0 spiro atoms. The first-order valence-corrected chi connectivity index (χ1v) is 13.8. The fourth-order valence-corrected chi connectivity index (χ4v) is 6.25. The van der Waals surface area contributed by atoms with Gasteiger partial charge in [-0.05, 0) is 49.8 Å². The van der Waals surface area contributed by atoms with Crippen molar-refractivity contribution < 1.29 is 14.3 Å². The van der Waals surface area contributed by atoms with Crippen LogP contribution in [0, 0.1) is 0 Å². The maximum atomic E-state index is 14.2. The van der Waals surface area contributed by atoms with Gasteiger partial charge in [0, 0.05) is 24.2 Å². The molecule has 0 radical (unpaired) electrons. The summed E-state index contributed by atoms with van der Waals surface area (Å²) in [5.41, 5.74) is 2.41. The minimum atomic E-state index is -0.713. The molecule has 4 aromatic rings. The van der Waals surface area contributed by atoms with E-state index in [1.165, 1.54) is 11.3 Å². The highest BCUT2D eigenvalue weighted by atomic mass is 32.1. The van der Waals surface area contributed by atoms with Gasteiger partial charge < -0.3 is 14.4 Å². The largest absolute Gasteiger partial charge is 0.496 e. The number of ether oxygens (including phenoxy) is 2. The number of amides is 1. The van der Waals surface area contributed by atoms with Gasteiger partial charge >= 0.3 is 0 Å². The zero-order valence-corrected chi connectivity index (χ0v) is 23.5. The lowest BCUT2D eigenvalue weighted by atomic mass is 9.90. The van der Waals surface area contributed by atoms with Gasteiger partial charge in [0.1, 0.15) is 17.5 Å². The topological polar surface area (TPSA) is 73.1 Å². The predicted molar refractivity (Wildman–Crippen MR) is 155 cm³/mol. The number of carbonyl (C=O) groups is 1.